The molecule has 7 unspecified atom stereocenters. The Morgan fingerprint density at radius 3 is 2.83 bits per heavy atom. The Labute approximate surface area is 175 Å². The highest BCUT2D eigenvalue weighted by atomic mass is 16.5. The molecule has 0 bridgehead atoms. The van der Waals surface area contributed by atoms with Gasteiger partial charge in [0.15, 0.2) is 5.76 Å². The van der Waals surface area contributed by atoms with E-state index in [4.69, 9.17) is 9.26 Å². The number of aliphatic hydroxyl groups is 1. The van der Waals surface area contributed by atoms with Crippen molar-refractivity contribution in [1.82, 2.24) is 5.16 Å². The van der Waals surface area contributed by atoms with E-state index in [1.54, 1.807) is 0 Å². The maximum atomic E-state index is 9.36. The Hall–Kier alpha value is -0.870. The molecular weight excluding hydrogens is 362 g/mol. The molecule has 162 valence electrons. The number of methoxy groups -OCH3 is 1. The van der Waals surface area contributed by atoms with E-state index in [9.17, 15) is 5.11 Å². The Morgan fingerprint density at radius 1 is 1.14 bits per heavy atom. The highest BCUT2D eigenvalue weighted by Crippen LogP contribution is 2.67. The van der Waals surface area contributed by atoms with E-state index >= 15 is 0 Å². The predicted molar refractivity (Wildman–Crippen MR) is 112 cm³/mol. The van der Waals surface area contributed by atoms with Gasteiger partial charge in [-0.05, 0) is 98.2 Å². The summed E-state index contributed by atoms with van der Waals surface area (Å²) in [6.45, 7) is 3.39. The molecule has 0 amide bonds. The van der Waals surface area contributed by atoms with Gasteiger partial charge in [-0.25, -0.2) is 0 Å². The van der Waals surface area contributed by atoms with E-state index in [0.29, 0.717) is 16.6 Å². The number of hydrogen-bond donors (Lipinski definition) is 1. The zero-order chi connectivity index (χ0) is 20.1. The first kappa shape index (κ1) is 20.1. The molecule has 0 aromatic carbocycles. The van der Waals surface area contributed by atoms with E-state index < -0.39 is 0 Å². The van der Waals surface area contributed by atoms with Gasteiger partial charge in [0.2, 0.25) is 0 Å². The third-order valence-corrected chi connectivity index (χ3v) is 9.86. The van der Waals surface area contributed by atoms with Crippen LogP contribution in [-0.4, -0.2) is 24.0 Å². The number of nitrogens with zero attached hydrogens (tertiary/aromatic N) is 1. The van der Waals surface area contributed by atoms with E-state index in [1.807, 2.05) is 13.2 Å². The molecule has 4 nitrogen and oxygen atoms in total. The predicted octanol–water partition coefficient (Wildman–Crippen LogP) is 5.38. The summed E-state index contributed by atoms with van der Waals surface area (Å²) in [4.78, 5) is 0. The van der Waals surface area contributed by atoms with Gasteiger partial charge in [-0.3, -0.25) is 0 Å². The lowest BCUT2D eigenvalue weighted by molar-refractivity contribution is -0.148. The summed E-state index contributed by atoms with van der Waals surface area (Å²) in [5.74, 6) is 4.94. The van der Waals surface area contributed by atoms with Gasteiger partial charge < -0.3 is 14.4 Å². The maximum absolute atomic E-state index is 9.36. The molecule has 1 aromatic heterocycles. The molecule has 4 saturated carbocycles. The van der Waals surface area contributed by atoms with Crippen molar-refractivity contribution in [2.45, 2.75) is 84.2 Å². The average molecular weight is 402 g/mol. The molecule has 4 fully saturated rings. The normalized spacial score (nSPS) is 44.2. The number of ether oxygens (including phenoxy) is 1. The molecule has 5 rings (SSSR count). The van der Waals surface area contributed by atoms with Crippen LogP contribution < -0.4 is 0 Å². The first-order chi connectivity index (χ1) is 14.1. The summed E-state index contributed by atoms with van der Waals surface area (Å²) in [7, 11) is 1.93. The fourth-order valence-electron chi connectivity index (χ4n) is 8.79. The lowest BCUT2D eigenvalue weighted by Gasteiger charge is -2.62. The van der Waals surface area contributed by atoms with Gasteiger partial charge in [0.25, 0.3) is 0 Å². The van der Waals surface area contributed by atoms with Gasteiger partial charge in [0.1, 0.15) is 6.61 Å². The Balaban J connectivity index is 1.42. The van der Waals surface area contributed by atoms with Crippen molar-refractivity contribution >= 4 is 0 Å². The third kappa shape index (κ3) is 3.20. The summed E-state index contributed by atoms with van der Waals surface area (Å²) < 4.78 is 11.2. The number of aromatic nitrogens is 1. The summed E-state index contributed by atoms with van der Waals surface area (Å²) in [6.07, 6.45) is 14.9. The van der Waals surface area contributed by atoms with E-state index in [-0.39, 0.29) is 6.61 Å². The van der Waals surface area contributed by atoms with Crippen LogP contribution in [0.15, 0.2) is 10.6 Å². The fraction of sp³-hybridized carbons (Fsp3) is 0.880. The van der Waals surface area contributed by atoms with Crippen molar-refractivity contribution in [3.63, 3.8) is 0 Å². The smallest absolute Gasteiger partial charge is 0.162 e. The van der Waals surface area contributed by atoms with Crippen LogP contribution in [0.1, 0.15) is 82.6 Å². The number of aliphatic hydroxyl groups excluding tert-OH is 1. The molecule has 0 aliphatic heterocycles. The molecule has 0 spiro atoms. The molecule has 4 aliphatic rings. The highest BCUT2D eigenvalue weighted by Gasteiger charge is 2.60. The molecule has 4 heteroatoms. The van der Waals surface area contributed by atoms with Crippen LogP contribution in [-0.2, 0) is 17.8 Å². The Kier molecular flexibility index (Phi) is 5.31. The summed E-state index contributed by atoms with van der Waals surface area (Å²) in [6, 6.07) is 1.99. The van der Waals surface area contributed by atoms with Crippen LogP contribution in [0.25, 0.3) is 0 Å². The van der Waals surface area contributed by atoms with Gasteiger partial charge >= 0.3 is 0 Å². The minimum absolute atomic E-state index is 0.0481. The summed E-state index contributed by atoms with van der Waals surface area (Å²) >= 11 is 0. The minimum Gasteiger partial charge on any atom is -0.388 e. The van der Waals surface area contributed by atoms with Crippen molar-refractivity contribution in [2.75, 3.05) is 13.7 Å². The van der Waals surface area contributed by atoms with Crippen molar-refractivity contribution in [2.24, 2.45) is 40.4 Å². The molecular formula is C25H39NO3. The topological polar surface area (TPSA) is 55.5 Å². The largest absolute Gasteiger partial charge is 0.388 e. The average Bonchev–Trinajstić information content (AvgIpc) is 3.35. The highest BCUT2D eigenvalue weighted by molar-refractivity contribution is 5.14. The molecule has 29 heavy (non-hydrogen) atoms. The zero-order valence-electron chi connectivity index (χ0n) is 18.4. The number of rotatable bonds is 5. The van der Waals surface area contributed by atoms with Gasteiger partial charge in [0.05, 0.1) is 12.3 Å². The van der Waals surface area contributed by atoms with E-state index in [0.717, 1.165) is 48.3 Å². The van der Waals surface area contributed by atoms with Crippen LogP contribution in [0.3, 0.4) is 0 Å². The van der Waals surface area contributed by atoms with Crippen LogP contribution in [0.4, 0.5) is 0 Å². The maximum Gasteiger partial charge on any atom is 0.162 e. The summed E-state index contributed by atoms with van der Waals surface area (Å²) in [5, 5.41) is 13.7. The zero-order valence-corrected chi connectivity index (χ0v) is 18.4. The molecule has 7 atom stereocenters. The number of hydrogen-bond acceptors (Lipinski definition) is 4. The fourth-order valence-corrected chi connectivity index (χ4v) is 8.79. The van der Waals surface area contributed by atoms with Crippen molar-refractivity contribution < 1.29 is 14.4 Å². The molecule has 0 radical (unpaired) electrons. The second kappa shape index (κ2) is 7.67. The van der Waals surface area contributed by atoms with E-state index in [1.165, 1.54) is 64.2 Å². The van der Waals surface area contributed by atoms with Crippen LogP contribution in [0.5, 0.6) is 0 Å². The van der Waals surface area contributed by atoms with Gasteiger partial charge in [0, 0.05) is 13.2 Å². The first-order valence-electron chi connectivity index (χ1n) is 12.1. The van der Waals surface area contributed by atoms with Gasteiger partial charge in [-0.2, -0.15) is 0 Å². The SMILES string of the molecule is COCC12CCC(C)CC1CCC1C3CCCC3(Cc3cc(CO)on3)CCC12. The van der Waals surface area contributed by atoms with Crippen LogP contribution >= 0.6 is 0 Å². The minimum atomic E-state index is -0.0481. The second-order valence-electron chi connectivity index (χ2n) is 11.1. The van der Waals surface area contributed by atoms with Gasteiger partial charge in [-0.15, -0.1) is 0 Å². The molecule has 1 N–H and O–H groups in total. The van der Waals surface area contributed by atoms with Crippen molar-refractivity contribution in [3.05, 3.63) is 17.5 Å². The molecule has 1 heterocycles. The summed E-state index contributed by atoms with van der Waals surface area (Å²) in [5.41, 5.74) is 1.91. The van der Waals surface area contributed by atoms with Crippen molar-refractivity contribution in [1.29, 1.82) is 0 Å². The van der Waals surface area contributed by atoms with Crippen molar-refractivity contribution in [3.8, 4) is 0 Å². The van der Waals surface area contributed by atoms with Crippen LogP contribution in [0, 0.1) is 40.4 Å². The third-order valence-electron chi connectivity index (χ3n) is 9.86. The lowest BCUT2D eigenvalue weighted by atomic mass is 9.44. The molecule has 4 aliphatic carbocycles. The second-order valence-corrected chi connectivity index (χ2v) is 11.1. The Bertz CT molecular complexity index is 717. The van der Waals surface area contributed by atoms with Gasteiger partial charge in [-0.1, -0.05) is 24.9 Å². The van der Waals surface area contributed by atoms with Crippen LogP contribution in [0.2, 0.25) is 0 Å². The Morgan fingerprint density at radius 2 is 2.03 bits per heavy atom. The molecule has 0 saturated heterocycles. The monoisotopic (exact) mass is 401 g/mol. The van der Waals surface area contributed by atoms with E-state index in [2.05, 4.69) is 12.1 Å². The standard InChI is InChI=1S/C25H39NO3/c1-17-7-11-25(16-28-2)18(12-17)5-6-21-22-4-3-9-24(22,10-8-23(21)25)14-19-13-20(15-27)29-26-19/h13,17-18,21-23,27H,3-12,14-16H2,1-2H3. The first-order valence-corrected chi connectivity index (χ1v) is 12.1. The lowest BCUT2D eigenvalue weighted by Crippen LogP contribution is -2.56. The number of fused-ring (bicyclic) bond motifs is 5. The molecule has 1 aromatic rings. The quantitative estimate of drug-likeness (QED) is 0.719.